The highest BCUT2D eigenvalue weighted by atomic mass is 16.5. The van der Waals surface area contributed by atoms with Crippen LogP contribution >= 0.6 is 0 Å². The second-order valence-corrected chi connectivity index (χ2v) is 4.16. The minimum Gasteiger partial charge on any atom is -0.497 e. The summed E-state index contributed by atoms with van der Waals surface area (Å²) in [7, 11) is 1.66. The maximum atomic E-state index is 6.24. The number of hydrogen-bond donors (Lipinski definition) is 1. The third-order valence-corrected chi connectivity index (χ3v) is 2.88. The van der Waals surface area contributed by atoms with Crippen molar-refractivity contribution in [2.45, 2.75) is 13.0 Å². The monoisotopic (exact) mass is 227 g/mol. The smallest absolute Gasteiger partial charge is 0.118 e. The van der Waals surface area contributed by atoms with Crippen LogP contribution in [0.15, 0.2) is 48.5 Å². The Bertz CT molecular complexity index is 491. The molecule has 2 rings (SSSR count). The second-order valence-electron chi connectivity index (χ2n) is 4.16. The van der Waals surface area contributed by atoms with Gasteiger partial charge in [-0.2, -0.15) is 0 Å². The Morgan fingerprint density at radius 2 is 1.71 bits per heavy atom. The van der Waals surface area contributed by atoms with Crippen LogP contribution in [0.2, 0.25) is 0 Å². The number of hydrogen-bond acceptors (Lipinski definition) is 2. The van der Waals surface area contributed by atoms with Crippen molar-refractivity contribution in [1.82, 2.24) is 0 Å². The van der Waals surface area contributed by atoms with Gasteiger partial charge in [0.25, 0.3) is 0 Å². The van der Waals surface area contributed by atoms with Crippen LogP contribution in [-0.2, 0) is 0 Å². The van der Waals surface area contributed by atoms with Crippen LogP contribution in [0.5, 0.6) is 5.75 Å². The van der Waals surface area contributed by atoms with Gasteiger partial charge in [-0.25, -0.2) is 0 Å². The Labute approximate surface area is 102 Å². The van der Waals surface area contributed by atoms with Gasteiger partial charge in [0.2, 0.25) is 0 Å². The molecule has 0 spiro atoms. The second kappa shape index (κ2) is 5.02. The third-order valence-electron chi connectivity index (χ3n) is 2.88. The van der Waals surface area contributed by atoms with E-state index in [2.05, 4.69) is 25.1 Å². The number of nitrogens with two attached hydrogens (primary N) is 1. The minimum atomic E-state index is -0.0826. The summed E-state index contributed by atoms with van der Waals surface area (Å²) in [6.07, 6.45) is 0. The molecule has 2 aromatic carbocycles. The number of aryl methyl sites for hydroxylation is 1. The molecule has 0 aromatic heterocycles. The number of benzene rings is 2. The predicted octanol–water partition coefficient (Wildman–Crippen LogP) is 3.05. The van der Waals surface area contributed by atoms with E-state index in [-0.39, 0.29) is 6.04 Å². The molecule has 0 unspecified atom stereocenters. The summed E-state index contributed by atoms with van der Waals surface area (Å²) in [5.74, 6) is 0.852. The van der Waals surface area contributed by atoms with Gasteiger partial charge in [-0.3, -0.25) is 0 Å². The summed E-state index contributed by atoms with van der Waals surface area (Å²) in [5.41, 5.74) is 9.69. The van der Waals surface area contributed by atoms with E-state index in [1.807, 2.05) is 30.3 Å². The molecule has 0 aliphatic rings. The van der Waals surface area contributed by atoms with Crippen molar-refractivity contribution >= 4 is 0 Å². The van der Waals surface area contributed by atoms with E-state index < -0.39 is 0 Å². The van der Waals surface area contributed by atoms with Crippen molar-refractivity contribution < 1.29 is 4.74 Å². The Balaban J connectivity index is 2.27. The Kier molecular flexibility index (Phi) is 3.45. The van der Waals surface area contributed by atoms with E-state index in [9.17, 15) is 0 Å². The first-order valence-electron chi connectivity index (χ1n) is 5.67. The van der Waals surface area contributed by atoms with E-state index in [1.165, 1.54) is 5.56 Å². The molecular weight excluding hydrogens is 210 g/mol. The van der Waals surface area contributed by atoms with Gasteiger partial charge in [0, 0.05) is 0 Å². The third kappa shape index (κ3) is 2.66. The quantitative estimate of drug-likeness (QED) is 0.874. The Morgan fingerprint density at radius 3 is 2.29 bits per heavy atom. The number of methoxy groups -OCH3 is 1. The van der Waals surface area contributed by atoms with Crippen molar-refractivity contribution in [3.05, 3.63) is 65.2 Å². The lowest BCUT2D eigenvalue weighted by Gasteiger charge is -2.13. The fraction of sp³-hybridized carbons (Fsp3) is 0.200. The van der Waals surface area contributed by atoms with Crippen molar-refractivity contribution in [3.63, 3.8) is 0 Å². The van der Waals surface area contributed by atoms with E-state index >= 15 is 0 Å². The van der Waals surface area contributed by atoms with Crippen molar-refractivity contribution in [2.75, 3.05) is 7.11 Å². The zero-order valence-electron chi connectivity index (χ0n) is 10.2. The molecule has 17 heavy (non-hydrogen) atoms. The summed E-state index contributed by atoms with van der Waals surface area (Å²) in [6, 6.07) is 16.1. The maximum absolute atomic E-state index is 6.24. The number of rotatable bonds is 3. The molecule has 0 saturated heterocycles. The molecule has 2 aromatic rings. The highest BCUT2D eigenvalue weighted by Crippen LogP contribution is 2.22. The molecule has 2 heteroatoms. The minimum absolute atomic E-state index is 0.0826. The maximum Gasteiger partial charge on any atom is 0.118 e. The van der Waals surface area contributed by atoms with E-state index in [4.69, 9.17) is 10.5 Å². The van der Waals surface area contributed by atoms with Gasteiger partial charge in [0.05, 0.1) is 13.2 Å². The first-order chi connectivity index (χ1) is 8.20. The molecule has 0 heterocycles. The largest absolute Gasteiger partial charge is 0.497 e. The SMILES string of the molecule is COc1ccc([C@@H](N)c2cccc(C)c2)cc1. The number of ether oxygens (including phenoxy) is 1. The fourth-order valence-electron chi connectivity index (χ4n) is 1.87. The van der Waals surface area contributed by atoms with Crippen molar-refractivity contribution in [2.24, 2.45) is 5.73 Å². The van der Waals surface area contributed by atoms with Gasteiger partial charge in [-0.15, -0.1) is 0 Å². The van der Waals surface area contributed by atoms with Crippen LogP contribution in [0.25, 0.3) is 0 Å². The molecule has 0 aliphatic carbocycles. The molecule has 2 N–H and O–H groups in total. The zero-order chi connectivity index (χ0) is 12.3. The summed E-state index contributed by atoms with van der Waals surface area (Å²) in [5, 5.41) is 0. The molecule has 0 radical (unpaired) electrons. The van der Waals surface area contributed by atoms with Gasteiger partial charge in [0.15, 0.2) is 0 Å². The summed E-state index contributed by atoms with van der Waals surface area (Å²) >= 11 is 0. The average Bonchev–Trinajstić information content (AvgIpc) is 2.38. The zero-order valence-corrected chi connectivity index (χ0v) is 10.2. The van der Waals surface area contributed by atoms with Crippen LogP contribution in [0.3, 0.4) is 0 Å². The van der Waals surface area contributed by atoms with Crippen LogP contribution in [0, 0.1) is 6.92 Å². The fourth-order valence-corrected chi connectivity index (χ4v) is 1.87. The predicted molar refractivity (Wildman–Crippen MR) is 70.2 cm³/mol. The normalized spacial score (nSPS) is 12.2. The van der Waals surface area contributed by atoms with Gasteiger partial charge in [0.1, 0.15) is 5.75 Å². The molecule has 0 amide bonds. The first kappa shape index (κ1) is 11.7. The van der Waals surface area contributed by atoms with Crippen LogP contribution < -0.4 is 10.5 Å². The standard InChI is InChI=1S/C15H17NO/c1-11-4-3-5-13(10-11)15(16)12-6-8-14(17-2)9-7-12/h3-10,15H,16H2,1-2H3/t15-/m1/s1. The lowest BCUT2D eigenvalue weighted by atomic mass is 9.98. The topological polar surface area (TPSA) is 35.2 Å². The van der Waals surface area contributed by atoms with Crippen LogP contribution in [0.1, 0.15) is 22.7 Å². The van der Waals surface area contributed by atoms with E-state index in [0.717, 1.165) is 16.9 Å². The molecular formula is C15H17NO. The Morgan fingerprint density at radius 1 is 1.00 bits per heavy atom. The van der Waals surface area contributed by atoms with Gasteiger partial charge in [-0.1, -0.05) is 42.0 Å². The molecule has 0 aliphatic heterocycles. The summed E-state index contributed by atoms with van der Waals surface area (Å²) in [6.45, 7) is 2.07. The molecule has 1 atom stereocenters. The average molecular weight is 227 g/mol. The molecule has 0 saturated carbocycles. The van der Waals surface area contributed by atoms with Crippen LogP contribution in [0.4, 0.5) is 0 Å². The van der Waals surface area contributed by atoms with Crippen LogP contribution in [-0.4, -0.2) is 7.11 Å². The van der Waals surface area contributed by atoms with E-state index in [0.29, 0.717) is 0 Å². The Hall–Kier alpha value is -1.80. The molecule has 88 valence electrons. The highest BCUT2D eigenvalue weighted by molar-refractivity contribution is 5.36. The van der Waals surface area contributed by atoms with Crippen molar-refractivity contribution in [1.29, 1.82) is 0 Å². The summed E-state index contributed by atoms with van der Waals surface area (Å²) < 4.78 is 5.13. The van der Waals surface area contributed by atoms with Gasteiger partial charge < -0.3 is 10.5 Å². The lowest BCUT2D eigenvalue weighted by Crippen LogP contribution is -2.11. The molecule has 2 nitrogen and oxygen atoms in total. The van der Waals surface area contributed by atoms with Gasteiger partial charge in [-0.05, 0) is 30.2 Å². The first-order valence-corrected chi connectivity index (χ1v) is 5.67. The lowest BCUT2D eigenvalue weighted by molar-refractivity contribution is 0.414. The summed E-state index contributed by atoms with van der Waals surface area (Å²) in [4.78, 5) is 0. The van der Waals surface area contributed by atoms with Crippen molar-refractivity contribution in [3.8, 4) is 5.75 Å². The van der Waals surface area contributed by atoms with Gasteiger partial charge >= 0.3 is 0 Å². The highest BCUT2D eigenvalue weighted by Gasteiger charge is 2.08. The van der Waals surface area contributed by atoms with E-state index in [1.54, 1.807) is 7.11 Å². The molecule has 0 fully saturated rings. The molecule has 0 bridgehead atoms.